The van der Waals surface area contributed by atoms with Crippen LogP contribution in [0.2, 0.25) is 0 Å². The molecule has 0 bridgehead atoms. The van der Waals surface area contributed by atoms with Crippen LogP contribution < -0.4 is 14.9 Å². The van der Waals surface area contributed by atoms with E-state index < -0.39 is 10.0 Å². The van der Waals surface area contributed by atoms with E-state index in [0.29, 0.717) is 5.92 Å². The zero-order chi connectivity index (χ0) is 17.2. The molecule has 134 valence electrons. The van der Waals surface area contributed by atoms with Crippen molar-refractivity contribution in [2.75, 3.05) is 37.3 Å². The lowest BCUT2D eigenvalue weighted by atomic mass is 9.95. The van der Waals surface area contributed by atoms with Gasteiger partial charge in [-0.2, -0.15) is 0 Å². The molecule has 0 spiro atoms. The molecule has 2 saturated heterocycles. The van der Waals surface area contributed by atoms with Crippen molar-refractivity contribution < 1.29 is 8.42 Å². The second-order valence-electron chi connectivity index (χ2n) is 6.89. The summed E-state index contributed by atoms with van der Waals surface area (Å²) in [6.07, 6.45) is 5.18. The fourth-order valence-electron chi connectivity index (χ4n) is 3.58. The molecule has 3 heterocycles. The van der Waals surface area contributed by atoms with Crippen LogP contribution in [0.4, 0.5) is 5.82 Å². The molecule has 7 nitrogen and oxygen atoms in total. The first-order valence-electron chi connectivity index (χ1n) is 8.69. The molecule has 0 radical (unpaired) electrons. The summed E-state index contributed by atoms with van der Waals surface area (Å²) >= 11 is 0. The normalized spacial score (nSPS) is 23.4. The molecular formula is C16H27N5O2S. The average Bonchev–Trinajstić information content (AvgIpc) is 2.54. The van der Waals surface area contributed by atoms with E-state index in [1.807, 2.05) is 6.92 Å². The Bertz CT molecular complexity index is 665. The minimum absolute atomic E-state index is 0.0289. The maximum atomic E-state index is 11.4. The van der Waals surface area contributed by atoms with E-state index in [9.17, 15) is 8.42 Å². The number of nitrogens with one attached hydrogen (secondary N) is 2. The largest absolute Gasteiger partial charge is 0.356 e. The van der Waals surface area contributed by atoms with Crippen LogP contribution in [0.1, 0.15) is 43.1 Å². The highest BCUT2D eigenvalue weighted by molar-refractivity contribution is 7.88. The summed E-state index contributed by atoms with van der Waals surface area (Å²) in [7, 11) is -3.13. The predicted octanol–water partition coefficient (Wildman–Crippen LogP) is 0.770. The van der Waals surface area contributed by atoms with Gasteiger partial charge in [0.2, 0.25) is 10.0 Å². The number of hydrogen-bond donors (Lipinski definition) is 2. The number of piperidine rings is 2. The quantitative estimate of drug-likeness (QED) is 0.831. The molecule has 0 aromatic carbocycles. The van der Waals surface area contributed by atoms with Gasteiger partial charge in [0, 0.05) is 37.7 Å². The minimum Gasteiger partial charge on any atom is -0.356 e. The number of rotatable bonds is 4. The lowest BCUT2D eigenvalue weighted by Gasteiger charge is -2.33. The van der Waals surface area contributed by atoms with Crippen molar-refractivity contribution >= 4 is 15.8 Å². The van der Waals surface area contributed by atoms with E-state index in [0.717, 1.165) is 56.4 Å². The summed E-state index contributed by atoms with van der Waals surface area (Å²) in [4.78, 5) is 11.5. The Morgan fingerprint density at radius 2 is 2.00 bits per heavy atom. The van der Waals surface area contributed by atoms with Gasteiger partial charge in [0.25, 0.3) is 0 Å². The first kappa shape index (κ1) is 17.6. The third kappa shape index (κ3) is 4.64. The molecule has 8 heteroatoms. The summed E-state index contributed by atoms with van der Waals surface area (Å²) in [6.45, 7) is 5.64. The number of nitrogens with zero attached hydrogens (tertiary/aromatic N) is 3. The second kappa shape index (κ2) is 7.33. The van der Waals surface area contributed by atoms with Crippen LogP contribution >= 0.6 is 0 Å². The highest BCUT2D eigenvalue weighted by Gasteiger charge is 2.24. The zero-order valence-corrected chi connectivity index (χ0v) is 15.3. The number of aromatic nitrogens is 2. The summed E-state index contributed by atoms with van der Waals surface area (Å²) < 4.78 is 25.4. The molecule has 0 amide bonds. The van der Waals surface area contributed by atoms with E-state index in [2.05, 4.69) is 31.0 Å². The topological polar surface area (TPSA) is 87.2 Å². The molecule has 1 aromatic heterocycles. The van der Waals surface area contributed by atoms with Crippen molar-refractivity contribution in [3.05, 3.63) is 17.6 Å². The SMILES string of the molecule is Cc1nc(C2CCCNC2)cc(N2CCC(NS(C)(=O)=O)CC2)n1. The Balaban J connectivity index is 1.68. The molecule has 2 aliphatic heterocycles. The van der Waals surface area contributed by atoms with Crippen molar-refractivity contribution in [3.63, 3.8) is 0 Å². The molecule has 1 aromatic rings. The molecule has 0 aliphatic carbocycles. The van der Waals surface area contributed by atoms with Crippen LogP contribution in [0, 0.1) is 6.92 Å². The number of anilines is 1. The van der Waals surface area contributed by atoms with Crippen molar-refractivity contribution in [1.82, 2.24) is 20.0 Å². The third-order valence-corrected chi connectivity index (χ3v) is 5.52. The van der Waals surface area contributed by atoms with Gasteiger partial charge in [-0.1, -0.05) is 0 Å². The second-order valence-corrected chi connectivity index (χ2v) is 8.67. The first-order valence-corrected chi connectivity index (χ1v) is 10.6. The van der Waals surface area contributed by atoms with E-state index in [1.54, 1.807) is 0 Å². The molecule has 0 saturated carbocycles. The van der Waals surface area contributed by atoms with Gasteiger partial charge in [0.1, 0.15) is 11.6 Å². The minimum atomic E-state index is -3.13. The Morgan fingerprint density at radius 1 is 1.25 bits per heavy atom. The molecule has 2 aliphatic rings. The number of sulfonamides is 1. The molecule has 3 rings (SSSR count). The monoisotopic (exact) mass is 353 g/mol. The van der Waals surface area contributed by atoms with Crippen LogP contribution in [0.3, 0.4) is 0 Å². The van der Waals surface area contributed by atoms with E-state index >= 15 is 0 Å². The first-order chi connectivity index (χ1) is 11.4. The summed E-state index contributed by atoms with van der Waals surface area (Å²) in [5.74, 6) is 2.24. The van der Waals surface area contributed by atoms with E-state index in [-0.39, 0.29) is 6.04 Å². The fraction of sp³-hybridized carbons (Fsp3) is 0.750. The summed E-state index contributed by atoms with van der Waals surface area (Å²) in [5.41, 5.74) is 1.13. The van der Waals surface area contributed by atoms with Crippen LogP contribution in [0.15, 0.2) is 6.07 Å². The van der Waals surface area contributed by atoms with Gasteiger partial charge < -0.3 is 10.2 Å². The Kier molecular flexibility index (Phi) is 5.36. The molecule has 24 heavy (non-hydrogen) atoms. The average molecular weight is 353 g/mol. The summed E-state index contributed by atoms with van der Waals surface area (Å²) in [5, 5.41) is 3.44. The number of aryl methyl sites for hydroxylation is 1. The molecule has 2 N–H and O–H groups in total. The van der Waals surface area contributed by atoms with Crippen LogP contribution in [-0.2, 0) is 10.0 Å². The van der Waals surface area contributed by atoms with Crippen molar-refractivity contribution in [3.8, 4) is 0 Å². The van der Waals surface area contributed by atoms with Gasteiger partial charge in [-0.3, -0.25) is 0 Å². The summed E-state index contributed by atoms with van der Waals surface area (Å²) in [6, 6.07) is 2.15. The van der Waals surface area contributed by atoms with Gasteiger partial charge in [-0.25, -0.2) is 23.1 Å². The maximum absolute atomic E-state index is 11.4. The zero-order valence-electron chi connectivity index (χ0n) is 14.5. The highest BCUT2D eigenvalue weighted by atomic mass is 32.2. The van der Waals surface area contributed by atoms with Gasteiger partial charge in [0.15, 0.2) is 0 Å². The van der Waals surface area contributed by atoms with Gasteiger partial charge in [-0.15, -0.1) is 0 Å². The molecular weight excluding hydrogens is 326 g/mol. The molecule has 2 fully saturated rings. The van der Waals surface area contributed by atoms with Crippen molar-refractivity contribution in [2.24, 2.45) is 0 Å². The van der Waals surface area contributed by atoms with Crippen LogP contribution in [-0.4, -0.2) is 56.9 Å². The van der Waals surface area contributed by atoms with Crippen molar-refractivity contribution in [1.29, 1.82) is 0 Å². The Labute approximate surface area is 144 Å². The fourth-order valence-corrected chi connectivity index (χ4v) is 4.42. The predicted molar refractivity (Wildman–Crippen MR) is 94.8 cm³/mol. The lowest BCUT2D eigenvalue weighted by molar-refractivity contribution is 0.450. The molecule has 1 unspecified atom stereocenters. The van der Waals surface area contributed by atoms with Gasteiger partial charge in [0.05, 0.1) is 11.9 Å². The third-order valence-electron chi connectivity index (χ3n) is 4.76. The van der Waals surface area contributed by atoms with E-state index in [1.165, 1.54) is 19.1 Å². The van der Waals surface area contributed by atoms with Crippen molar-refractivity contribution in [2.45, 2.75) is 44.6 Å². The maximum Gasteiger partial charge on any atom is 0.208 e. The Hall–Kier alpha value is -1.25. The standard InChI is InChI=1S/C16H27N5O2S/c1-12-18-15(13-4-3-7-17-11-13)10-16(19-12)21-8-5-14(6-9-21)20-24(2,22)23/h10,13-14,17,20H,3-9,11H2,1-2H3. The van der Waals surface area contributed by atoms with Gasteiger partial charge >= 0.3 is 0 Å². The van der Waals surface area contributed by atoms with Gasteiger partial charge in [-0.05, 0) is 39.2 Å². The Morgan fingerprint density at radius 3 is 2.62 bits per heavy atom. The smallest absolute Gasteiger partial charge is 0.208 e. The van der Waals surface area contributed by atoms with Crippen LogP contribution in [0.25, 0.3) is 0 Å². The van der Waals surface area contributed by atoms with E-state index in [4.69, 9.17) is 0 Å². The highest BCUT2D eigenvalue weighted by Crippen LogP contribution is 2.26. The number of hydrogen-bond acceptors (Lipinski definition) is 6. The molecule has 1 atom stereocenters. The van der Waals surface area contributed by atoms with Crippen LogP contribution in [0.5, 0.6) is 0 Å². The lowest BCUT2D eigenvalue weighted by Crippen LogP contribution is -2.44.